The number of hydrogen-bond donors (Lipinski definition) is 1. The van der Waals surface area contributed by atoms with Crippen molar-refractivity contribution in [2.24, 2.45) is 0 Å². The maximum absolute atomic E-state index is 13.1. The molecule has 0 spiro atoms. The summed E-state index contributed by atoms with van der Waals surface area (Å²) in [5.74, 6) is 2.13. The van der Waals surface area contributed by atoms with Gasteiger partial charge in [0.2, 0.25) is 5.91 Å². The zero-order chi connectivity index (χ0) is 24.1. The molecule has 0 bridgehead atoms. The Kier molecular flexibility index (Phi) is 7.21. The third-order valence-corrected chi connectivity index (χ3v) is 6.03. The zero-order valence-electron chi connectivity index (χ0n) is 19.8. The molecule has 0 saturated carbocycles. The van der Waals surface area contributed by atoms with Gasteiger partial charge in [-0.1, -0.05) is 13.3 Å². The van der Waals surface area contributed by atoms with E-state index in [1.807, 2.05) is 36.4 Å². The van der Waals surface area contributed by atoms with Crippen LogP contribution < -0.4 is 14.8 Å². The van der Waals surface area contributed by atoms with Crippen LogP contribution in [-0.2, 0) is 17.8 Å². The smallest absolute Gasteiger partial charge is 0.289 e. The molecule has 4 rings (SSSR count). The molecule has 0 aliphatic carbocycles. The van der Waals surface area contributed by atoms with Gasteiger partial charge in [-0.15, -0.1) is 0 Å². The first-order chi connectivity index (χ1) is 16.5. The molecule has 0 fully saturated rings. The van der Waals surface area contributed by atoms with Gasteiger partial charge in [0.1, 0.15) is 5.76 Å². The summed E-state index contributed by atoms with van der Waals surface area (Å²) in [6.07, 6.45) is 3.11. The molecular weight excluding hydrogens is 432 g/mol. The van der Waals surface area contributed by atoms with Gasteiger partial charge in [0.05, 0.1) is 14.2 Å². The molecule has 1 aromatic heterocycles. The van der Waals surface area contributed by atoms with Crippen molar-refractivity contribution in [2.75, 3.05) is 26.1 Å². The second-order valence-corrected chi connectivity index (χ2v) is 8.35. The number of ether oxygens (including phenoxy) is 2. The molecule has 7 heteroatoms. The molecule has 1 aliphatic rings. The average Bonchev–Trinajstić information content (AvgIpc) is 3.36. The summed E-state index contributed by atoms with van der Waals surface area (Å²) in [7, 11) is 3.22. The lowest BCUT2D eigenvalue weighted by molar-refractivity contribution is -0.116. The number of anilines is 1. The van der Waals surface area contributed by atoms with Gasteiger partial charge in [0.25, 0.3) is 5.91 Å². The van der Waals surface area contributed by atoms with Crippen LogP contribution in [0.1, 0.15) is 47.9 Å². The number of nitrogens with one attached hydrogen (secondary N) is 1. The number of carbonyl (C=O) groups is 2. The first-order valence-electron chi connectivity index (χ1n) is 11.6. The Hall–Kier alpha value is -3.74. The van der Waals surface area contributed by atoms with Gasteiger partial charge in [-0.25, -0.2) is 0 Å². The highest BCUT2D eigenvalue weighted by Crippen LogP contribution is 2.34. The van der Waals surface area contributed by atoms with Crippen molar-refractivity contribution in [2.45, 2.75) is 39.2 Å². The number of hydrogen-bond acceptors (Lipinski definition) is 5. The molecule has 2 aromatic carbocycles. The van der Waals surface area contributed by atoms with Crippen LogP contribution in [0.4, 0.5) is 5.69 Å². The first kappa shape index (κ1) is 23.4. The van der Waals surface area contributed by atoms with Gasteiger partial charge in [-0.3, -0.25) is 9.59 Å². The topological polar surface area (TPSA) is 81.0 Å². The number of benzene rings is 2. The zero-order valence-corrected chi connectivity index (χ0v) is 19.8. The molecule has 34 heavy (non-hydrogen) atoms. The highest BCUT2D eigenvalue weighted by Gasteiger charge is 2.25. The van der Waals surface area contributed by atoms with E-state index in [4.69, 9.17) is 13.9 Å². The minimum absolute atomic E-state index is 0.0136. The lowest BCUT2D eigenvalue weighted by Crippen LogP contribution is -2.35. The van der Waals surface area contributed by atoms with E-state index >= 15 is 0 Å². The molecule has 0 saturated heterocycles. The van der Waals surface area contributed by atoms with Crippen LogP contribution in [0, 0.1) is 0 Å². The molecule has 0 unspecified atom stereocenters. The number of fused-ring (bicyclic) bond motifs is 1. The molecule has 2 heterocycles. The van der Waals surface area contributed by atoms with Crippen LogP contribution >= 0.6 is 0 Å². The Morgan fingerprint density at radius 1 is 1.00 bits per heavy atom. The number of carbonyl (C=O) groups excluding carboxylic acids is 2. The van der Waals surface area contributed by atoms with E-state index in [2.05, 4.69) is 12.2 Å². The molecular formula is C27H30N2O5. The highest BCUT2D eigenvalue weighted by atomic mass is 16.5. The highest BCUT2D eigenvalue weighted by molar-refractivity contribution is 5.92. The van der Waals surface area contributed by atoms with Crippen molar-refractivity contribution < 1.29 is 23.5 Å². The summed E-state index contributed by atoms with van der Waals surface area (Å²) < 4.78 is 16.7. The van der Waals surface area contributed by atoms with E-state index in [1.165, 1.54) is 0 Å². The summed E-state index contributed by atoms with van der Waals surface area (Å²) in [5, 5.41) is 2.90. The predicted molar refractivity (Wildman–Crippen MR) is 130 cm³/mol. The Bertz CT molecular complexity index is 1170. The maximum atomic E-state index is 13.1. The Labute approximate surface area is 199 Å². The maximum Gasteiger partial charge on any atom is 0.289 e. The molecule has 0 atom stereocenters. The first-order valence-corrected chi connectivity index (χ1v) is 11.6. The fraction of sp³-hybridized carbons (Fsp3) is 0.333. The molecule has 1 aliphatic heterocycles. The van der Waals surface area contributed by atoms with E-state index in [0.717, 1.165) is 41.6 Å². The van der Waals surface area contributed by atoms with Gasteiger partial charge >= 0.3 is 0 Å². The predicted octanol–water partition coefficient (Wildman–Crippen LogP) is 5.29. The standard InChI is InChI=1S/C27H30N2O5/c1-4-5-6-26(30)28-21-9-7-18(8-10-21)22-11-12-23(34-22)27(31)29-14-13-19-15-24(32-2)25(33-3)16-20(19)17-29/h7-12,15-16H,4-6,13-14,17H2,1-3H3,(H,28,30). The van der Waals surface area contributed by atoms with Gasteiger partial charge < -0.3 is 24.1 Å². The largest absolute Gasteiger partial charge is 0.493 e. The van der Waals surface area contributed by atoms with Crippen molar-refractivity contribution >= 4 is 17.5 Å². The van der Waals surface area contributed by atoms with Gasteiger partial charge in [-0.2, -0.15) is 0 Å². The number of rotatable bonds is 8. The Balaban J connectivity index is 1.43. The van der Waals surface area contributed by atoms with Crippen molar-refractivity contribution in [3.8, 4) is 22.8 Å². The molecule has 2 amide bonds. The average molecular weight is 463 g/mol. The van der Waals surface area contributed by atoms with Gasteiger partial charge in [-0.05, 0) is 72.5 Å². The van der Waals surface area contributed by atoms with E-state index in [0.29, 0.717) is 42.5 Å². The van der Waals surface area contributed by atoms with Crippen LogP contribution in [0.2, 0.25) is 0 Å². The fourth-order valence-electron chi connectivity index (χ4n) is 4.10. The minimum Gasteiger partial charge on any atom is -0.493 e. The van der Waals surface area contributed by atoms with Crippen LogP contribution in [0.3, 0.4) is 0 Å². The van der Waals surface area contributed by atoms with Crippen LogP contribution in [0.25, 0.3) is 11.3 Å². The summed E-state index contributed by atoms with van der Waals surface area (Å²) in [4.78, 5) is 26.8. The minimum atomic E-state index is -0.147. The number of amides is 2. The number of nitrogens with zero attached hydrogens (tertiary/aromatic N) is 1. The third-order valence-electron chi connectivity index (χ3n) is 6.03. The number of unbranched alkanes of at least 4 members (excludes halogenated alkanes) is 1. The number of methoxy groups -OCH3 is 2. The Morgan fingerprint density at radius 3 is 2.38 bits per heavy atom. The summed E-state index contributed by atoms with van der Waals surface area (Å²) in [5.41, 5.74) is 3.78. The lowest BCUT2D eigenvalue weighted by atomic mass is 9.98. The van der Waals surface area contributed by atoms with Crippen molar-refractivity contribution in [3.63, 3.8) is 0 Å². The van der Waals surface area contributed by atoms with Gasteiger partial charge in [0.15, 0.2) is 17.3 Å². The van der Waals surface area contributed by atoms with E-state index < -0.39 is 0 Å². The van der Waals surface area contributed by atoms with Gasteiger partial charge in [0, 0.05) is 30.8 Å². The lowest BCUT2D eigenvalue weighted by Gasteiger charge is -2.29. The second kappa shape index (κ2) is 10.5. The quantitative estimate of drug-likeness (QED) is 0.492. The third kappa shape index (κ3) is 5.09. The van der Waals surface area contributed by atoms with Crippen molar-refractivity contribution in [1.82, 2.24) is 4.90 Å². The molecule has 0 radical (unpaired) electrons. The monoisotopic (exact) mass is 462 g/mol. The summed E-state index contributed by atoms with van der Waals surface area (Å²) in [6, 6.07) is 14.9. The fourth-order valence-corrected chi connectivity index (χ4v) is 4.10. The van der Waals surface area contributed by atoms with Crippen molar-refractivity contribution in [1.29, 1.82) is 0 Å². The summed E-state index contributed by atoms with van der Waals surface area (Å²) >= 11 is 0. The van der Waals surface area contributed by atoms with Crippen molar-refractivity contribution in [3.05, 3.63) is 65.4 Å². The van der Waals surface area contributed by atoms with E-state index in [1.54, 1.807) is 31.3 Å². The second-order valence-electron chi connectivity index (χ2n) is 8.35. The summed E-state index contributed by atoms with van der Waals surface area (Å²) in [6.45, 7) is 3.14. The molecule has 178 valence electrons. The van der Waals surface area contributed by atoms with Crippen LogP contribution in [-0.4, -0.2) is 37.5 Å². The Morgan fingerprint density at radius 2 is 1.71 bits per heavy atom. The van der Waals surface area contributed by atoms with E-state index in [-0.39, 0.29) is 11.8 Å². The number of furan rings is 1. The molecule has 1 N–H and O–H groups in total. The molecule has 3 aromatic rings. The van der Waals surface area contributed by atoms with E-state index in [9.17, 15) is 9.59 Å². The van der Waals surface area contributed by atoms with Crippen LogP contribution in [0.15, 0.2) is 52.9 Å². The molecule has 7 nitrogen and oxygen atoms in total. The van der Waals surface area contributed by atoms with Crippen LogP contribution in [0.5, 0.6) is 11.5 Å². The SMILES string of the molecule is CCCCC(=O)Nc1ccc(-c2ccc(C(=O)N3CCc4cc(OC)c(OC)cc4C3)o2)cc1. The normalized spacial score (nSPS) is 12.7.